The molecule has 0 unspecified atom stereocenters. The molecule has 0 aliphatic heterocycles. The molecular formula is C19H21NO3S. The van der Waals surface area contributed by atoms with Gasteiger partial charge < -0.3 is 10.1 Å². The minimum atomic E-state index is -0.358. The van der Waals surface area contributed by atoms with Gasteiger partial charge in [-0.1, -0.05) is 29.8 Å². The number of carbonyl (C=O) groups excluding carboxylic acids is 2. The summed E-state index contributed by atoms with van der Waals surface area (Å²) in [6.07, 6.45) is 4.00. The zero-order valence-electron chi connectivity index (χ0n) is 14.0. The number of hydrogen-bond donors (Lipinski definition) is 1. The largest absolute Gasteiger partial charge is 0.465 e. The van der Waals surface area contributed by atoms with Crippen LogP contribution in [0.25, 0.3) is 0 Å². The number of carbonyl (C=O) groups is 2. The lowest BCUT2D eigenvalue weighted by Crippen LogP contribution is -2.15. The zero-order valence-corrected chi connectivity index (χ0v) is 14.8. The van der Waals surface area contributed by atoms with Crippen LogP contribution >= 0.6 is 11.3 Å². The van der Waals surface area contributed by atoms with E-state index in [1.165, 1.54) is 28.9 Å². The van der Waals surface area contributed by atoms with Crippen molar-refractivity contribution in [2.24, 2.45) is 0 Å². The second-order valence-corrected chi connectivity index (χ2v) is 7.19. The fourth-order valence-corrected chi connectivity index (χ4v) is 4.31. The van der Waals surface area contributed by atoms with E-state index in [9.17, 15) is 9.59 Å². The van der Waals surface area contributed by atoms with Crippen molar-refractivity contribution < 1.29 is 14.3 Å². The average molecular weight is 343 g/mol. The first-order chi connectivity index (χ1) is 11.6. The van der Waals surface area contributed by atoms with Gasteiger partial charge in [-0.05, 0) is 43.7 Å². The lowest BCUT2D eigenvalue weighted by molar-refractivity contribution is -0.116. The number of aryl methyl sites for hydroxylation is 3. The maximum absolute atomic E-state index is 12.3. The number of esters is 1. The van der Waals surface area contributed by atoms with E-state index in [-0.39, 0.29) is 11.9 Å². The summed E-state index contributed by atoms with van der Waals surface area (Å²) >= 11 is 1.51. The molecule has 1 aromatic heterocycles. The number of rotatable bonds is 5. The van der Waals surface area contributed by atoms with Crippen molar-refractivity contribution in [3.05, 3.63) is 51.4 Å². The highest BCUT2D eigenvalue weighted by atomic mass is 32.1. The van der Waals surface area contributed by atoms with Gasteiger partial charge in [0, 0.05) is 11.3 Å². The zero-order chi connectivity index (χ0) is 17.1. The van der Waals surface area contributed by atoms with Gasteiger partial charge in [0.15, 0.2) is 0 Å². The lowest BCUT2D eigenvalue weighted by atomic mass is 10.1. The van der Waals surface area contributed by atoms with Crippen LogP contribution < -0.4 is 5.32 Å². The quantitative estimate of drug-likeness (QED) is 0.838. The number of methoxy groups -OCH3 is 1. The van der Waals surface area contributed by atoms with Crippen molar-refractivity contribution in [2.45, 2.75) is 39.0 Å². The molecule has 0 bridgehead atoms. The minimum Gasteiger partial charge on any atom is -0.465 e. The Bertz CT molecular complexity index is 762. The van der Waals surface area contributed by atoms with Crippen LogP contribution in [0, 0.1) is 6.92 Å². The first-order valence-corrected chi connectivity index (χ1v) is 8.98. The van der Waals surface area contributed by atoms with E-state index in [4.69, 9.17) is 4.74 Å². The van der Waals surface area contributed by atoms with Crippen molar-refractivity contribution in [1.29, 1.82) is 0 Å². The van der Waals surface area contributed by atoms with Gasteiger partial charge in [-0.2, -0.15) is 0 Å². The third kappa shape index (κ3) is 3.51. The van der Waals surface area contributed by atoms with Crippen molar-refractivity contribution >= 4 is 28.2 Å². The van der Waals surface area contributed by atoms with Crippen LogP contribution in [0.5, 0.6) is 0 Å². The Morgan fingerprint density at radius 2 is 1.96 bits per heavy atom. The molecule has 0 saturated carbocycles. The Hall–Kier alpha value is -2.14. The van der Waals surface area contributed by atoms with Gasteiger partial charge in [0.1, 0.15) is 5.00 Å². The molecule has 1 aromatic carbocycles. The normalized spacial score (nSPS) is 12.8. The summed E-state index contributed by atoms with van der Waals surface area (Å²) in [5.74, 6) is -0.427. The summed E-state index contributed by atoms with van der Waals surface area (Å²) in [6.45, 7) is 2.04. The molecule has 4 nitrogen and oxygen atoms in total. The van der Waals surface area contributed by atoms with Gasteiger partial charge in [0.05, 0.1) is 12.7 Å². The molecule has 126 valence electrons. The van der Waals surface area contributed by atoms with Gasteiger partial charge in [0.25, 0.3) is 0 Å². The van der Waals surface area contributed by atoms with E-state index >= 15 is 0 Å². The van der Waals surface area contributed by atoms with Crippen LogP contribution in [-0.4, -0.2) is 19.0 Å². The van der Waals surface area contributed by atoms with Crippen LogP contribution in [0.2, 0.25) is 0 Å². The predicted octanol–water partition coefficient (Wildman–Crippen LogP) is 3.90. The molecule has 1 heterocycles. The Balaban J connectivity index is 1.68. The van der Waals surface area contributed by atoms with E-state index in [0.717, 1.165) is 30.4 Å². The standard InChI is InChI=1S/C19H21NO3S/c1-12-6-8-13(9-7-12)10-11-16(21)20-18-17(19(22)23-2)14-4-3-5-15(14)24-18/h6-9H,3-5,10-11H2,1-2H3,(H,20,21). The van der Waals surface area contributed by atoms with Crippen molar-refractivity contribution in [2.75, 3.05) is 12.4 Å². The number of hydrogen-bond acceptors (Lipinski definition) is 4. The van der Waals surface area contributed by atoms with Crippen LogP contribution in [0.15, 0.2) is 24.3 Å². The third-order valence-corrected chi connectivity index (χ3v) is 5.53. The topological polar surface area (TPSA) is 55.4 Å². The highest BCUT2D eigenvalue weighted by molar-refractivity contribution is 7.17. The predicted molar refractivity (Wildman–Crippen MR) is 95.8 cm³/mol. The first-order valence-electron chi connectivity index (χ1n) is 8.16. The van der Waals surface area contributed by atoms with Crippen LogP contribution in [0.3, 0.4) is 0 Å². The number of amides is 1. The first kappa shape index (κ1) is 16.7. The summed E-state index contributed by atoms with van der Waals surface area (Å²) in [4.78, 5) is 25.6. The summed E-state index contributed by atoms with van der Waals surface area (Å²) in [5.41, 5.74) is 3.95. The van der Waals surface area contributed by atoms with Crippen LogP contribution in [-0.2, 0) is 28.8 Å². The van der Waals surface area contributed by atoms with E-state index in [1.54, 1.807) is 0 Å². The fourth-order valence-electron chi connectivity index (χ4n) is 3.01. The fraction of sp³-hybridized carbons (Fsp3) is 0.368. The molecule has 0 saturated heterocycles. The van der Waals surface area contributed by atoms with Crippen molar-refractivity contribution in [3.8, 4) is 0 Å². The second kappa shape index (κ2) is 7.18. The second-order valence-electron chi connectivity index (χ2n) is 6.09. The van der Waals surface area contributed by atoms with Gasteiger partial charge >= 0.3 is 5.97 Å². The molecule has 1 amide bonds. The molecule has 0 spiro atoms. The molecular weight excluding hydrogens is 322 g/mol. The Morgan fingerprint density at radius 3 is 2.67 bits per heavy atom. The molecule has 1 aliphatic carbocycles. The number of anilines is 1. The molecule has 5 heteroatoms. The highest BCUT2D eigenvalue weighted by Crippen LogP contribution is 2.39. The highest BCUT2D eigenvalue weighted by Gasteiger charge is 2.27. The monoisotopic (exact) mass is 343 g/mol. The summed E-state index contributed by atoms with van der Waals surface area (Å²) < 4.78 is 4.90. The van der Waals surface area contributed by atoms with Gasteiger partial charge in [0.2, 0.25) is 5.91 Å². The van der Waals surface area contributed by atoms with Crippen LogP contribution in [0.1, 0.15) is 44.8 Å². The van der Waals surface area contributed by atoms with E-state index < -0.39 is 0 Å². The summed E-state index contributed by atoms with van der Waals surface area (Å²) in [6, 6.07) is 8.18. The Kier molecular flexibility index (Phi) is 5.00. The lowest BCUT2D eigenvalue weighted by Gasteiger charge is -2.07. The van der Waals surface area contributed by atoms with Crippen LogP contribution in [0.4, 0.5) is 5.00 Å². The smallest absolute Gasteiger partial charge is 0.341 e. The number of ether oxygens (including phenoxy) is 1. The Labute approximate surface area is 145 Å². The maximum Gasteiger partial charge on any atom is 0.341 e. The molecule has 1 N–H and O–H groups in total. The van der Waals surface area contributed by atoms with E-state index in [0.29, 0.717) is 23.4 Å². The summed E-state index contributed by atoms with van der Waals surface area (Å²) in [7, 11) is 1.38. The molecule has 0 fully saturated rings. The molecule has 0 atom stereocenters. The molecule has 0 radical (unpaired) electrons. The molecule has 1 aliphatic rings. The van der Waals surface area contributed by atoms with E-state index in [1.807, 2.05) is 31.2 Å². The summed E-state index contributed by atoms with van der Waals surface area (Å²) in [5, 5.41) is 3.55. The van der Waals surface area contributed by atoms with Gasteiger partial charge in [-0.25, -0.2) is 4.79 Å². The number of thiophene rings is 1. The van der Waals surface area contributed by atoms with Crippen molar-refractivity contribution in [1.82, 2.24) is 0 Å². The molecule has 2 aromatic rings. The van der Waals surface area contributed by atoms with Crippen molar-refractivity contribution in [3.63, 3.8) is 0 Å². The Morgan fingerprint density at radius 1 is 1.21 bits per heavy atom. The average Bonchev–Trinajstić information content (AvgIpc) is 3.14. The number of fused-ring (bicyclic) bond motifs is 1. The number of benzene rings is 1. The number of nitrogens with one attached hydrogen (secondary N) is 1. The van der Waals surface area contributed by atoms with Gasteiger partial charge in [-0.3, -0.25) is 4.79 Å². The minimum absolute atomic E-state index is 0.0688. The van der Waals surface area contributed by atoms with Gasteiger partial charge in [-0.15, -0.1) is 11.3 Å². The van der Waals surface area contributed by atoms with E-state index in [2.05, 4.69) is 5.32 Å². The maximum atomic E-state index is 12.3. The molecule has 24 heavy (non-hydrogen) atoms. The molecule has 3 rings (SSSR count). The SMILES string of the molecule is COC(=O)c1c(NC(=O)CCc2ccc(C)cc2)sc2c1CCC2. The third-order valence-electron chi connectivity index (χ3n) is 4.33.